The summed E-state index contributed by atoms with van der Waals surface area (Å²) in [4.78, 5) is 12.7. The second kappa shape index (κ2) is 6.10. The largest absolute Gasteiger partial charge is 0.370 e. The van der Waals surface area contributed by atoms with Gasteiger partial charge in [-0.2, -0.15) is 0 Å². The van der Waals surface area contributed by atoms with Crippen LogP contribution in [0.5, 0.6) is 0 Å². The van der Waals surface area contributed by atoms with Crippen LogP contribution in [0.3, 0.4) is 0 Å². The van der Waals surface area contributed by atoms with E-state index in [1.807, 2.05) is 12.1 Å². The van der Waals surface area contributed by atoms with Crippen molar-refractivity contribution in [3.05, 3.63) is 24.5 Å². The Kier molecular flexibility index (Phi) is 4.21. The third kappa shape index (κ3) is 3.35. The maximum Gasteiger partial charge on any atom is 0.180 e. The first-order valence-electron chi connectivity index (χ1n) is 5.92. The molecule has 0 amide bonds. The summed E-state index contributed by atoms with van der Waals surface area (Å²) in [5.41, 5.74) is 1.51. The zero-order valence-corrected chi connectivity index (χ0v) is 9.98. The molecule has 0 aliphatic carbocycles. The van der Waals surface area contributed by atoms with Crippen molar-refractivity contribution in [2.24, 2.45) is 0 Å². The van der Waals surface area contributed by atoms with Gasteiger partial charge in [-0.15, -0.1) is 0 Å². The average molecular weight is 231 g/mol. The average Bonchev–Trinajstić information content (AvgIpc) is 2.38. The van der Waals surface area contributed by atoms with Crippen LogP contribution >= 0.6 is 0 Å². The van der Waals surface area contributed by atoms with Gasteiger partial charge in [0, 0.05) is 18.9 Å². The summed E-state index contributed by atoms with van der Waals surface area (Å²) in [6.45, 7) is 5.06. The minimum absolute atomic E-state index is 0.684. The Morgan fingerprint density at radius 1 is 1.12 bits per heavy atom. The molecule has 2 heterocycles. The summed E-state index contributed by atoms with van der Waals surface area (Å²) < 4.78 is 0. The lowest BCUT2D eigenvalue weighted by atomic mass is 10.3. The second-order valence-electron chi connectivity index (χ2n) is 3.73. The van der Waals surface area contributed by atoms with E-state index in [0.717, 1.165) is 37.4 Å². The Balaban J connectivity index is 1.90. The van der Waals surface area contributed by atoms with Crippen LogP contribution in [0, 0.1) is 0 Å². The molecule has 0 fully saturated rings. The lowest BCUT2D eigenvalue weighted by Gasteiger charge is -2.06. The summed E-state index contributed by atoms with van der Waals surface area (Å²) in [5, 5.41) is 6.56. The quantitative estimate of drug-likeness (QED) is 0.736. The van der Waals surface area contributed by atoms with Gasteiger partial charge in [-0.25, -0.2) is 9.97 Å². The minimum atomic E-state index is 0.684. The summed E-state index contributed by atoms with van der Waals surface area (Å²) in [6.07, 6.45) is 4.41. The summed E-state index contributed by atoms with van der Waals surface area (Å²) in [7, 11) is 0. The van der Waals surface area contributed by atoms with E-state index in [1.165, 1.54) is 0 Å². The van der Waals surface area contributed by atoms with E-state index in [1.54, 1.807) is 12.4 Å². The Bertz CT molecular complexity index is 471. The molecule has 0 saturated heterocycles. The molecule has 0 aliphatic heterocycles. The first-order chi connectivity index (χ1) is 8.40. The van der Waals surface area contributed by atoms with Crippen LogP contribution in [0.4, 0.5) is 5.82 Å². The SMILES string of the molecule is CCNCCCNc1ccc2nccnc2n1. The van der Waals surface area contributed by atoms with Crippen LogP contribution in [0.2, 0.25) is 0 Å². The molecule has 0 unspecified atom stereocenters. The number of fused-ring (bicyclic) bond motifs is 1. The number of anilines is 1. The fourth-order valence-electron chi connectivity index (χ4n) is 1.56. The summed E-state index contributed by atoms with van der Waals surface area (Å²) in [6, 6.07) is 3.87. The monoisotopic (exact) mass is 231 g/mol. The van der Waals surface area contributed by atoms with Crippen molar-refractivity contribution in [1.29, 1.82) is 0 Å². The molecule has 5 heteroatoms. The maximum atomic E-state index is 4.39. The van der Waals surface area contributed by atoms with Crippen molar-refractivity contribution in [2.75, 3.05) is 25.0 Å². The first-order valence-corrected chi connectivity index (χ1v) is 5.92. The van der Waals surface area contributed by atoms with Crippen LogP contribution in [-0.2, 0) is 0 Å². The van der Waals surface area contributed by atoms with Gasteiger partial charge < -0.3 is 10.6 Å². The Morgan fingerprint density at radius 3 is 2.88 bits per heavy atom. The zero-order valence-electron chi connectivity index (χ0n) is 9.98. The molecule has 0 radical (unpaired) electrons. The maximum absolute atomic E-state index is 4.39. The fourth-order valence-corrected chi connectivity index (χ4v) is 1.56. The van der Waals surface area contributed by atoms with E-state index < -0.39 is 0 Å². The minimum Gasteiger partial charge on any atom is -0.370 e. The number of aromatic nitrogens is 3. The molecule has 2 rings (SSSR count). The van der Waals surface area contributed by atoms with Crippen molar-refractivity contribution < 1.29 is 0 Å². The number of hydrogen-bond donors (Lipinski definition) is 2. The molecule has 0 bridgehead atoms. The highest BCUT2D eigenvalue weighted by atomic mass is 15.0. The first kappa shape index (κ1) is 11.7. The number of rotatable bonds is 6. The smallest absolute Gasteiger partial charge is 0.180 e. The van der Waals surface area contributed by atoms with Crippen molar-refractivity contribution in [2.45, 2.75) is 13.3 Å². The van der Waals surface area contributed by atoms with Crippen LogP contribution in [-0.4, -0.2) is 34.6 Å². The number of nitrogens with one attached hydrogen (secondary N) is 2. The number of hydrogen-bond acceptors (Lipinski definition) is 5. The normalized spacial score (nSPS) is 10.6. The van der Waals surface area contributed by atoms with Gasteiger partial charge in [-0.3, -0.25) is 4.98 Å². The molecule has 2 N–H and O–H groups in total. The number of nitrogens with zero attached hydrogens (tertiary/aromatic N) is 3. The summed E-state index contributed by atoms with van der Waals surface area (Å²) >= 11 is 0. The van der Waals surface area contributed by atoms with E-state index in [9.17, 15) is 0 Å². The lowest BCUT2D eigenvalue weighted by molar-refractivity contribution is 0.688. The molecule has 0 atom stereocenters. The zero-order chi connectivity index (χ0) is 11.9. The predicted octanol–water partition coefficient (Wildman–Crippen LogP) is 1.44. The summed E-state index contributed by atoms with van der Waals surface area (Å²) in [5.74, 6) is 0.856. The standard InChI is InChI=1S/C12H17N5/c1-2-13-6-3-7-15-11-5-4-10-12(17-11)16-9-8-14-10/h4-5,8-9,13H,2-3,6-7H2,1H3,(H,15,16,17). The Hall–Kier alpha value is -1.75. The fraction of sp³-hybridized carbons (Fsp3) is 0.417. The Labute approximate surface area is 101 Å². The molecule has 2 aromatic rings. The van der Waals surface area contributed by atoms with Gasteiger partial charge >= 0.3 is 0 Å². The lowest BCUT2D eigenvalue weighted by Crippen LogP contribution is -2.17. The third-order valence-corrected chi connectivity index (χ3v) is 2.42. The molecule has 90 valence electrons. The molecule has 0 saturated carbocycles. The topological polar surface area (TPSA) is 62.7 Å². The molecular formula is C12H17N5. The van der Waals surface area contributed by atoms with Crippen LogP contribution < -0.4 is 10.6 Å². The Morgan fingerprint density at radius 2 is 2.00 bits per heavy atom. The van der Waals surface area contributed by atoms with Gasteiger partial charge in [0.2, 0.25) is 0 Å². The van der Waals surface area contributed by atoms with E-state index in [2.05, 4.69) is 32.5 Å². The molecule has 17 heavy (non-hydrogen) atoms. The van der Waals surface area contributed by atoms with Gasteiger partial charge in [-0.1, -0.05) is 6.92 Å². The van der Waals surface area contributed by atoms with Crippen LogP contribution in [0.1, 0.15) is 13.3 Å². The van der Waals surface area contributed by atoms with Gasteiger partial charge in [-0.05, 0) is 31.6 Å². The van der Waals surface area contributed by atoms with Crippen molar-refractivity contribution in [1.82, 2.24) is 20.3 Å². The van der Waals surface area contributed by atoms with Gasteiger partial charge in [0.05, 0.1) is 0 Å². The van der Waals surface area contributed by atoms with E-state index >= 15 is 0 Å². The highest BCUT2D eigenvalue weighted by Gasteiger charge is 1.98. The highest BCUT2D eigenvalue weighted by Crippen LogP contribution is 2.09. The second-order valence-corrected chi connectivity index (χ2v) is 3.73. The third-order valence-electron chi connectivity index (χ3n) is 2.42. The molecule has 5 nitrogen and oxygen atoms in total. The van der Waals surface area contributed by atoms with E-state index in [4.69, 9.17) is 0 Å². The number of pyridine rings is 1. The molecule has 0 aromatic carbocycles. The van der Waals surface area contributed by atoms with Crippen molar-refractivity contribution in [3.63, 3.8) is 0 Å². The molecule has 0 spiro atoms. The molecule has 0 aliphatic rings. The van der Waals surface area contributed by atoms with Crippen molar-refractivity contribution >= 4 is 17.0 Å². The van der Waals surface area contributed by atoms with E-state index in [-0.39, 0.29) is 0 Å². The van der Waals surface area contributed by atoms with Gasteiger partial charge in [0.15, 0.2) is 5.65 Å². The van der Waals surface area contributed by atoms with Crippen molar-refractivity contribution in [3.8, 4) is 0 Å². The van der Waals surface area contributed by atoms with Gasteiger partial charge in [0.1, 0.15) is 11.3 Å². The van der Waals surface area contributed by atoms with Crippen LogP contribution in [0.25, 0.3) is 11.2 Å². The van der Waals surface area contributed by atoms with Gasteiger partial charge in [0.25, 0.3) is 0 Å². The predicted molar refractivity (Wildman–Crippen MR) is 69.0 cm³/mol. The van der Waals surface area contributed by atoms with Crippen LogP contribution in [0.15, 0.2) is 24.5 Å². The highest BCUT2D eigenvalue weighted by molar-refractivity contribution is 5.71. The van der Waals surface area contributed by atoms with E-state index in [0.29, 0.717) is 5.65 Å². The molecular weight excluding hydrogens is 214 g/mol. The molecule has 2 aromatic heterocycles.